The molecule has 2 aliphatic carbocycles. The van der Waals surface area contributed by atoms with E-state index >= 15 is 0 Å². The molecule has 2 saturated carbocycles. The molecule has 2 aliphatic rings. The number of carbonyl (C=O) groups is 1. The highest BCUT2D eigenvalue weighted by Gasteiger charge is 2.36. The lowest BCUT2D eigenvalue weighted by atomic mass is 10.1. The van der Waals surface area contributed by atoms with Crippen molar-refractivity contribution >= 4 is 34.1 Å². The third-order valence-corrected chi connectivity index (χ3v) is 5.88. The van der Waals surface area contributed by atoms with E-state index < -0.39 is 0 Å². The van der Waals surface area contributed by atoms with Gasteiger partial charge in [-0.3, -0.25) is 4.79 Å². The normalized spacial score (nSPS) is 16.8. The lowest BCUT2D eigenvalue weighted by molar-refractivity contribution is -0.113. The number of amides is 1. The van der Waals surface area contributed by atoms with Crippen molar-refractivity contribution in [3.05, 3.63) is 48.3 Å². The Balaban J connectivity index is 1.29. The molecule has 132 valence electrons. The summed E-state index contributed by atoms with van der Waals surface area (Å²) in [4.78, 5) is 12.5. The maximum absolute atomic E-state index is 12.5. The summed E-state index contributed by atoms with van der Waals surface area (Å²) in [7, 11) is 0. The summed E-state index contributed by atoms with van der Waals surface area (Å²) in [6, 6.07) is 14.6. The van der Waals surface area contributed by atoms with Crippen LogP contribution in [0.4, 0.5) is 5.69 Å². The largest absolute Gasteiger partial charge is 0.325 e. The predicted molar refractivity (Wildman–Crippen MR) is 104 cm³/mol. The van der Waals surface area contributed by atoms with E-state index in [1.54, 1.807) is 0 Å². The molecular weight excluding hydrogens is 344 g/mol. The monoisotopic (exact) mass is 364 g/mol. The topological polar surface area (TPSA) is 59.8 Å². The van der Waals surface area contributed by atoms with E-state index in [0.717, 1.165) is 27.4 Å². The van der Waals surface area contributed by atoms with Crippen LogP contribution >= 0.6 is 11.8 Å². The van der Waals surface area contributed by atoms with Gasteiger partial charge in [-0.15, -0.1) is 10.2 Å². The predicted octanol–water partition coefficient (Wildman–Crippen LogP) is 4.37. The number of anilines is 1. The Bertz CT molecular complexity index is 970. The summed E-state index contributed by atoms with van der Waals surface area (Å²) in [6.07, 6.45) is 4.84. The molecule has 1 amide bonds. The highest BCUT2D eigenvalue weighted by Crippen LogP contribution is 2.46. The number of nitrogens with one attached hydrogen (secondary N) is 1. The Hall–Kier alpha value is -2.34. The summed E-state index contributed by atoms with van der Waals surface area (Å²) < 4.78 is 2.29. The standard InChI is InChI=1S/C20H20N4OS/c25-18(21-17-7-3-5-13-4-1-2-6-16(13)17)12-26-20-23-22-19(14-8-9-14)24(20)15-10-11-15/h1-7,14-15H,8-12H2,(H,21,25). The van der Waals surface area contributed by atoms with Gasteiger partial charge in [-0.1, -0.05) is 48.2 Å². The molecule has 2 fully saturated rings. The first-order valence-electron chi connectivity index (χ1n) is 9.15. The van der Waals surface area contributed by atoms with Gasteiger partial charge in [-0.25, -0.2) is 0 Å². The van der Waals surface area contributed by atoms with Crippen molar-refractivity contribution in [2.24, 2.45) is 0 Å². The number of benzene rings is 2. The number of fused-ring (bicyclic) bond motifs is 1. The van der Waals surface area contributed by atoms with E-state index in [-0.39, 0.29) is 5.91 Å². The average Bonchev–Trinajstić information content (AvgIpc) is 3.59. The van der Waals surface area contributed by atoms with Crippen LogP contribution in [0.3, 0.4) is 0 Å². The van der Waals surface area contributed by atoms with Crippen LogP contribution in [0.1, 0.15) is 43.5 Å². The minimum Gasteiger partial charge on any atom is -0.325 e. The van der Waals surface area contributed by atoms with E-state index in [1.807, 2.05) is 30.3 Å². The lowest BCUT2D eigenvalue weighted by Gasteiger charge is -2.10. The zero-order chi connectivity index (χ0) is 17.5. The lowest BCUT2D eigenvalue weighted by Crippen LogP contribution is -2.15. The molecule has 2 aromatic carbocycles. The number of thioether (sulfide) groups is 1. The van der Waals surface area contributed by atoms with Crippen LogP contribution in [0.15, 0.2) is 47.6 Å². The fourth-order valence-electron chi connectivity index (χ4n) is 3.33. The van der Waals surface area contributed by atoms with Crippen LogP contribution in [0.25, 0.3) is 10.8 Å². The second-order valence-electron chi connectivity index (χ2n) is 7.08. The van der Waals surface area contributed by atoms with Gasteiger partial charge >= 0.3 is 0 Å². The van der Waals surface area contributed by atoms with Crippen molar-refractivity contribution in [1.29, 1.82) is 0 Å². The van der Waals surface area contributed by atoms with Crippen molar-refractivity contribution in [1.82, 2.24) is 14.8 Å². The first kappa shape index (κ1) is 15.9. The first-order chi connectivity index (χ1) is 12.8. The summed E-state index contributed by atoms with van der Waals surface area (Å²) >= 11 is 1.49. The molecule has 6 heteroatoms. The maximum Gasteiger partial charge on any atom is 0.234 e. The molecule has 1 N–H and O–H groups in total. The van der Waals surface area contributed by atoms with E-state index in [1.165, 1.54) is 37.4 Å². The van der Waals surface area contributed by atoms with E-state index in [4.69, 9.17) is 0 Å². The van der Waals surface area contributed by atoms with Gasteiger partial charge in [-0.2, -0.15) is 0 Å². The number of aromatic nitrogens is 3. The number of nitrogens with zero attached hydrogens (tertiary/aromatic N) is 3. The van der Waals surface area contributed by atoms with Gasteiger partial charge in [-0.05, 0) is 37.1 Å². The SMILES string of the molecule is O=C(CSc1nnc(C2CC2)n1C1CC1)Nc1cccc2ccccc12. The summed E-state index contributed by atoms with van der Waals surface area (Å²) in [5.41, 5.74) is 0.857. The Morgan fingerprint density at radius 2 is 1.88 bits per heavy atom. The Kier molecular flexibility index (Phi) is 3.93. The van der Waals surface area contributed by atoms with Crippen LogP contribution in [-0.2, 0) is 4.79 Å². The Morgan fingerprint density at radius 1 is 1.08 bits per heavy atom. The van der Waals surface area contributed by atoms with Gasteiger partial charge in [0.1, 0.15) is 5.82 Å². The minimum absolute atomic E-state index is 0.00956. The highest BCUT2D eigenvalue weighted by molar-refractivity contribution is 7.99. The van der Waals surface area contributed by atoms with Gasteiger partial charge in [0, 0.05) is 23.0 Å². The number of carbonyl (C=O) groups excluding carboxylic acids is 1. The average molecular weight is 364 g/mol. The molecule has 1 heterocycles. The smallest absolute Gasteiger partial charge is 0.234 e. The van der Waals surface area contributed by atoms with E-state index in [0.29, 0.717) is 17.7 Å². The number of rotatable bonds is 6. The zero-order valence-corrected chi connectivity index (χ0v) is 15.2. The van der Waals surface area contributed by atoms with Gasteiger partial charge in [0.15, 0.2) is 5.16 Å². The summed E-state index contributed by atoms with van der Waals surface area (Å²) in [6.45, 7) is 0. The highest BCUT2D eigenvalue weighted by atomic mass is 32.2. The third kappa shape index (κ3) is 3.09. The van der Waals surface area contributed by atoms with Crippen LogP contribution in [0, 0.1) is 0 Å². The number of hydrogen-bond acceptors (Lipinski definition) is 4. The van der Waals surface area contributed by atoms with E-state index in [9.17, 15) is 4.79 Å². The molecule has 0 bridgehead atoms. The number of hydrogen-bond donors (Lipinski definition) is 1. The molecule has 0 atom stereocenters. The molecule has 0 unspecified atom stereocenters. The van der Waals surface area contributed by atoms with E-state index in [2.05, 4.69) is 32.2 Å². The van der Waals surface area contributed by atoms with Crippen molar-refractivity contribution in [2.75, 3.05) is 11.1 Å². The minimum atomic E-state index is -0.00956. The van der Waals surface area contributed by atoms with Gasteiger partial charge in [0.25, 0.3) is 0 Å². The summed E-state index contributed by atoms with van der Waals surface area (Å²) in [5.74, 6) is 2.05. The molecule has 0 spiro atoms. The molecule has 1 aromatic heterocycles. The second-order valence-corrected chi connectivity index (χ2v) is 8.02. The van der Waals surface area contributed by atoms with Gasteiger partial charge < -0.3 is 9.88 Å². The van der Waals surface area contributed by atoms with Crippen molar-refractivity contribution in [3.8, 4) is 0 Å². The van der Waals surface area contributed by atoms with Crippen LogP contribution in [-0.4, -0.2) is 26.4 Å². The molecule has 26 heavy (non-hydrogen) atoms. The Labute approximate surface area is 156 Å². The van der Waals surface area contributed by atoms with Crippen LogP contribution in [0.5, 0.6) is 0 Å². The first-order valence-corrected chi connectivity index (χ1v) is 10.1. The quantitative estimate of drug-likeness (QED) is 0.660. The van der Waals surface area contributed by atoms with Crippen LogP contribution in [0.2, 0.25) is 0 Å². The molecule has 5 nitrogen and oxygen atoms in total. The fourth-order valence-corrected chi connectivity index (χ4v) is 4.15. The van der Waals surface area contributed by atoms with Crippen LogP contribution < -0.4 is 5.32 Å². The molecule has 0 saturated heterocycles. The maximum atomic E-state index is 12.5. The third-order valence-electron chi connectivity index (χ3n) is 4.94. The van der Waals surface area contributed by atoms with Crippen molar-refractivity contribution < 1.29 is 4.79 Å². The van der Waals surface area contributed by atoms with Gasteiger partial charge in [0.2, 0.25) is 5.91 Å². The molecule has 0 aliphatic heterocycles. The molecule has 5 rings (SSSR count). The summed E-state index contributed by atoms with van der Waals surface area (Å²) in [5, 5.41) is 14.9. The van der Waals surface area contributed by atoms with Crippen molar-refractivity contribution in [2.45, 2.75) is 42.8 Å². The molecular formula is C20H20N4OS. The zero-order valence-electron chi connectivity index (χ0n) is 14.4. The molecule has 0 radical (unpaired) electrons. The van der Waals surface area contributed by atoms with Gasteiger partial charge in [0.05, 0.1) is 5.75 Å². The Morgan fingerprint density at radius 3 is 2.69 bits per heavy atom. The van der Waals surface area contributed by atoms with Crippen molar-refractivity contribution in [3.63, 3.8) is 0 Å². The molecule has 3 aromatic rings. The second kappa shape index (κ2) is 6.43. The fraction of sp³-hybridized carbons (Fsp3) is 0.350.